The van der Waals surface area contributed by atoms with Crippen LogP contribution in [-0.4, -0.2) is 74.2 Å². The summed E-state index contributed by atoms with van der Waals surface area (Å²) in [5, 5.41) is 12.5. The molecule has 2 rings (SSSR count). The first kappa shape index (κ1) is 18.5. The van der Waals surface area contributed by atoms with Crippen LogP contribution in [0.3, 0.4) is 0 Å². The predicted octanol–water partition coefficient (Wildman–Crippen LogP) is 1.24. The number of likely N-dealkylation sites (tertiary alicyclic amines) is 1. The average Bonchev–Trinajstić information content (AvgIpc) is 3.10. The minimum Gasteiger partial charge on any atom is -0.396 e. The summed E-state index contributed by atoms with van der Waals surface area (Å²) in [5.74, 6) is 1.17. The maximum absolute atomic E-state index is 9.14. The molecule has 0 saturated carbocycles. The first-order chi connectivity index (χ1) is 11.2. The van der Waals surface area contributed by atoms with Gasteiger partial charge in [-0.2, -0.15) is 0 Å². The van der Waals surface area contributed by atoms with Crippen molar-refractivity contribution in [3.63, 3.8) is 0 Å². The Morgan fingerprint density at radius 2 is 2.17 bits per heavy atom. The number of aliphatic hydroxyl groups excluding tert-OH is 1. The van der Waals surface area contributed by atoms with Crippen LogP contribution >= 0.6 is 0 Å². The number of aliphatic hydroxyl groups is 1. The van der Waals surface area contributed by atoms with Crippen LogP contribution in [0.2, 0.25) is 0 Å². The van der Waals surface area contributed by atoms with E-state index in [0.717, 1.165) is 58.1 Å². The molecule has 2 atom stereocenters. The minimum absolute atomic E-state index is 0.183. The van der Waals surface area contributed by atoms with Gasteiger partial charge in [0.05, 0.1) is 18.8 Å². The summed E-state index contributed by atoms with van der Waals surface area (Å²) in [6.07, 6.45) is 5.03. The molecule has 2 heterocycles. The number of rotatable bonds is 7. The van der Waals surface area contributed by atoms with Gasteiger partial charge in [0.25, 0.3) is 0 Å². The zero-order chi connectivity index (χ0) is 16.5. The lowest BCUT2D eigenvalue weighted by Crippen LogP contribution is -2.47. The highest BCUT2D eigenvalue weighted by Gasteiger charge is 2.24. The smallest absolute Gasteiger partial charge is 0.193 e. The van der Waals surface area contributed by atoms with Crippen LogP contribution in [0.15, 0.2) is 4.99 Å². The highest BCUT2D eigenvalue weighted by Crippen LogP contribution is 2.17. The maximum atomic E-state index is 9.14. The van der Waals surface area contributed by atoms with Gasteiger partial charge in [-0.1, -0.05) is 6.92 Å². The molecule has 2 N–H and O–H groups in total. The SMILES string of the molecule is CCNC(=NCC(C)CO)N1CCC(OCC2CCCO2)CC1. The van der Waals surface area contributed by atoms with Gasteiger partial charge in [0, 0.05) is 39.4 Å². The van der Waals surface area contributed by atoms with Crippen LogP contribution in [-0.2, 0) is 9.47 Å². The van der Waals surface area contributed by atoms with E-state index in [-0.39, 0.29) is 12.5 Å². The largest absolute Gasteiger partial charge is 0.396 e. The third-order valence-corrected chi connectivity index (χ3v) is 4.48. The molecule has 0 spiro atoms. The number of hydrogen-bond donors (Lipinski definition) is 2. The molecule has 0 aromatic rings. The number of hydrogen-bond acceptors (Lipinski definition) is 4. The molecular weight excluding hydrogens is 294 g/mol. The van der Waals surface area contributed by atoms with Crippen molar-refractivity contribution in [1.29, 1.82) is 0 Å². The van der Waals surface area contributed by atoms with Gasteiger partial charge in [0.2, 0.25) is 0 Å². The van der Waals surface area contributed by atoms with Crippen LogP contribution in [0.1, 0.15) is 39.5 Å². The summed E-state index contributed by atoms with van der Waals surface area (Å²) in [5.41, 5.74) is 0. The van der Waals surface area contributed by atoms with Gasteiger partial charge in [-0.25, -0.2) is 0 Å². The fourth-order valence-corrected chi connectivity index (χ4v) is 2.98. The molecule has 2 saturated heterocycles. The molecule has 0 amide bonds. The van der Waals surface area contributed by atoms with Gasteiger partial charge < -0.3 is 24.8 Å². The summed E-state index contributed by atoms with van der Waals surface area (Å²) in [4.78, 5) is 6.96. The number of aliphatic imine (C=N–C) groups is 1. The Morgan fingerprint density at radius 3 is 2.78 bits per heavy atom. The molecule has 134 valence electrons. The number of nitrogens with zero attached hydrogens (tertiary/aromatic N) is 2. The number of piperidine rings is 1. The van der Waals surface area contributed by atoms with E-state index in [1.54, 1.807) is 0 Å². The minimum atomic E-state index is 0.183. The summed E-state index contributed by atoms with van der Waals surface area (Å²) in [6.45, 7) is 9.37. The van der Waals surface area contributed by atoms with Crippen LogP contribution in [0.4, 0.5) is 0 Å². The van der Waals surface area contributed by atoms with E-state index >= 15 is 0 Å². The Bertz CT molecular complexity index is 351. The number of nitrogens with one attached hydrogen (secondary N) is 1. The van der Waals surface area contributed by atoms with Gasteiger partial charge in [-0.3, -0.25) is 4.99 Å². The topological polar surface area (TPSA) is 66.3 Å². The van der Waals surface area contributed by atoms with Crippen molar-refractivity contribution in [2.45, 2.75) is 51.7 Å². The second kappa shape index (κ2) is 10.1. The molecule has 0 aliphatic carbocycles. The lowest BCUT2D eigenvalue weighted by atomic mass is 10.1. The summed E-state index contributed by atoms with van der Waals surface area (Å²) in [7, 11) is 0. The lowest BCUT2D eigenvalue weighted by Gasteiger charge is -2.34. The Labute approximate surface area is 140 Å². The second-order valence-electron chi connectivity index (χ2n) is 6.64. The third-order valence-electron chi connectivity index (χ3n) is 4.48. The van der Waals surface area contributed by atoms with Gasteiger partial charge >= 0.3 is 0 Å². The quantitative estimate of drug-likeness (QED) is 0.544. The van der Waals surface area contributed by atoms with Gasteiger partial charge in [-0.15, -0.1) is 0 Å². The van der Waals surface area contributed by atoms with E-state index in [1.165, 1.54) is 6.42 Å². The number of guanidine groups is 1. The van der Waals surface area contributed by atoms with Crippen LogP contribution in [0.5, 0.6) is 0 Å². The van der Waals surface area contributed by atoms with Crippen molar-refractivity contribution in [3.8, 4) is 0 Å². The standard InChI is InChI=1S/C17H33N3O3/c1-3-18-17(19-11-14(2)12-21)20-8-6-15(7-9-20)23-13-16-5-4-10-22-16/h14-16,21H,3-13H2,1-2H3,(H,18,19). The van der Waals surface area contributed by atoms with Crippen molar-refractivity contribution in [2.75, 3.05) is 46.0 Å². The van der Waals surface area contributed by atoms with Gasteiger partial charge in [0.15, 0.2) is 5.96 Å². The van der Waals surface area contributed by atoms with E-state index in [1.807, 2.05) is 6.92 Å². The zero-order valence-corrected chi connectivity index (χ0v) is 14.7. The molecule has 2 aliphatic heterocycles. The molecule has 2 fully saturated rings. The van der Waals surface area contributed by atoms with E-state index < -0.39 is 0 Å². The van der Waals surface area contributed by atoms with Gasteiger partial charge in [-0.05, 0) is 38.5 Å². The lowest BCUT2D eigenvalue weighted by molar-refractivity contribution is -0.0367. The van der Waals surface area contributed by atoms with E-state index in [2.05, 4.69) is 22.1 Å². The molecule has 0 aromatic heterocycles. The van der Waals surface area contributed by atoms with Crippen LogP contribution in [0, 0.1) is 5.92 Å². The van der Waals surface area contributed by atoms with E-state index in [9.17, 15) is 0 Å². The Morgan fingerprint density at radius 1 is 1.39 bits per heavy atom. The highest BCUT2D eigenvalue weighted by atomic mass is 16.5. The molecule has 6 heteroatoms. The summed E-state index contributed by atoms with van der Waals surface area (Å²) < 4.78 is 11.6. The highest BCUT2D eigenvalue weighted by molar-refractivity contribution is 5.80. The molecule has 0 bridgehead atoms. The fraction of sp³-hybridized carbons (Fsp3) is 0.941. The molecule has 0 aromatic carbocycles. The van der Waals surface area contributed by atoms with Crippen LogP contribution in [0.25, 0.3) is 0 Å². The molecule has 2 unspecified atom stereocenters. The molecule has 0 radical (unpaired) electrons. The Hall–Kier alpha value is -0.850. The van der Waals surface area contributed by atoms with Crippen molar-refractivity contribution >= 4 is 5.96 Å². The van der Waals surface area contributed by atoms with Crippen molar-refractivity contribution in [1.82, 2.24) is 10.2 Å². The normalized spacial score (nSPS) is 24.9. The number of ether oxygens (including phenoxy) is 2. The van der Waals surface area contributed by atoms with Gasteiger partial charge in [0.1, 0.15) is 0 Å². The fourth-order valence-electron chi connectivity index (χ4n) is 2.98. The second-order valence-corrected chi connectivity index (χ2v) is 6.64. The summed E-state index contributed by atoms with van der Waals surface area (Å²) in [6, 6.07) is 0. The van der Waals surface area contributed by atoms with E-state index in [0.29, 0.717) is 18.8 Å². The molecule has 2 aliphatic rings. The monoisotopic (exact) mass is 327 g/mol. The van der Waals surface area contributed by atoms with Crippen LogP contribution < -0.4 is 5.32 Å². The molecular formula is C17H33N3O3. The van der Waals surface area contributed by atoms with E-state index in [4.69, 9.17) is 14.6 Å². The van der Waals surface area contributed by atoms with Crippen molar-refractivity contribution in [2.24, 2.45) is 10.9 Å². The first-order valence-electron chi connectivity index (χ1n) is 9.10. The maximum Gasteiger partial charge on any atom is 0.193 e. The molecule has 6 nitrogen and oxygen atoms in total. The average molecular weight is 327 g/mol. The Balaban J connectivity index is 1.73. The molecule has 23 heavy (non-hydrogen) atoms. The van der Waals surface area contributed by atoms with Crippen molar-refractivity contribution in [3.05, 3.63) is 0 Å². The summed E-state index contributed by atoms with van der Waals surface area (Å²) >= 11 is 0. The predicted molar refractivity (Wildman–Crippen MR) is 91.7 cm³/mol. The zero-order valence-electron chi connectivity index (χ0n) is 14.7. The van der Waals surface area contributed by atoms with Crippen molar-refractivity contribution < 1.29 is 14.6 Å². The third kappa shape index (κ3) is 6.28. The first-order valence-corrected chi connectivity index (χ1v) is 9.10. The Kier molecular flexibility index (Phi) is 8.12.